The lowest BCUT2D eigenvalue weighted by atomic mass is 10.1. The van der Waals surface area contributed by atoms with Gasteiger partial charge in [0, 0.05) is 23.6 Å². The topological polar surface area (TPSA) is 44.5 Å². The molecule has 0 saturated carbocycles. The molecule has 2 rings (SSSR count). The first kappa shape index (κ1) is 13.7. The van der Waals surface area contributed by atoms with E-state index >= 15 is 0 Å². The van der Waals surface area contributed by atoms with Gasteiger partial charge in [0.25, 0.3) is 0 Å². The van der Waals surface area contributed by atoms with Crippen LogP contribution in [-0.4, -0.2) is 25.9 Å². The molecule has 4 heteroatoms. The minimum absolute atomic E-state index is 0.363. The maximum absolute atomic E-state index is 6.15. The third-order valence-electron chi connectivity index (χ3n) is 3.19. The van der Waals surface area contributed by atoms with Gasteiger partial charge in [0.1, 0.15) is 5.75 Å². The molecule has 1 aliphatic rings. The number of hydrogen-bond donors (Lipinski definition) is 1. The smallest absolute Gasteiger partial charge is 0.124 e. The summed E-state index contributed by atoms with van der Waals surface area (Å²) in [6.45, 7) is 2.13. The van der Waals surface area contributed by atoms with Gasteiger partial charge in [-0.1, -0.05) is 17.7 Å². The summed E-state index contributed by atoms with van der Waals surface area (Å²) >= 11 is 6.15. The SMILES string of the molecule is NCCc1c(Cl)cccc1OCCC1CCCO1. The van der Waals surface area contributed by atoms with Crippen molar-refractivity contribution in [1.82, 2.24) is 0 Å². The van der Waals surface area contributed by atoms with Crippen LogP contribution in [0.5, 0.6) is 5.75 Å². The van der Waals surface area contributed by atoms with Gasteiger partial charge in [-0.3, -0.25) is 0 Å². The molecule has 0 bridgehead atoms. The Morgan fingerprint density at radius 1 is 1.44 bits per heavy atom. The van der Waals surface area contributed by atoms with Crippen molar-refractivity contribution in [2.75, 3.05) is 19.8 Å². The predicted octanol–water partition coefficient (Wildman–Crippen LogP) is 2.79. The largest absolute Gasteiger partial charge is 0.493 e. The summed E-state index contributed by atoms with van der Waals surface area (Å²) in [4.78, 5) is 0. The summed E-state index contributed by atoms with van der Waals surface area (Å²) in [5.74, 6) is 0.853. The van der Waals surface area contributed by atoms with Crippen LogP contribution in [0.3, 0.4) is 0 Å². The molecule has 1 atom stereocenters. The summed E-state index contributed by atoms with van der Waals surface area (Å²) in [5.41, 5.74) is 6.60. The second kappa shape index (κ2) is 6.98. The quantitative estimate of drug-likeness (QED) is 0.864. The Morgan fingerprint density at radius 3 is 3.06 bits per heavy atom. The van der Waals surface area contributed by atoms with Crippen LogP contribution >= 0.6 is 11.6 Å². The van der Waals surface area contributed by atoms with Crippen molar-refractivity contribution in [1.29, 1.82) is 0 Å². The van der Waals surface area contributed by atoms with Crippen molar-refractivity contribution in [3.05, 3.63) is 28.8 Å². The molecular weight excluding hydrogens is 250 g/mol. The van der Waals surface area contributed by atoms with E-state index < -0.39 is 0 Å². The van der Waals surface area contributed by atoms with Gasteiger partial charge >= 0.3 is 0 Å². The number of rotatable bonds is 6. The van der Waals surface area contributed by atoms with E-state index in [1.807, 2.05) is 18.2 Å². The highest BCUT2D eigenvalue weighted by molar-refractivity contribution is 6.31. The second-order valence-electron chi connectivity index (χ2n) is 4.53. The maximum atomic E-state index is 6.15. The molecule has 3 nitrogen and oxygen atoms in total. The summed E-state index contributed by atoms with van der Waals surface area (Å²) < 4.78 is 11.4. The molecule has 1 heterocycles. The van der Waals surface area contributed by atoms with Crippen LogP contribution in [0.2, 0.25) is 5.02 Å². The Labute approximate surface area is 113 Å². The molecule has 0 spiro atoms. The van der Waals surface area contributed by atoms with E-state index in [1.165, 1.54) is 6.42 Å². The Kier molecular flexibility index (Phi) is 5.29. The van der Waals surface area contributed by atoms with Gasteiger partial charge in [0.15, 0.2) is 0 Å². The van der Waals surface area contributed by atoms with E-state index in [4.69, 9.17) is 26.8 Å². The van der Waals surface area contributed by atoms with Gasteiger partial charge in [0.2, 0.25) is 0 Å². The lowest BCUT2D eigenvalue weighted by Gasteiger charge is -2.14. The molecule has 0 aliphatic carbocycles. The number of nitrogens with two attached hydrogens (primary N) is 1. The molecule has 0 radical (unpaired) electrons. The third kappa shape index (κ3) is 3.61. The fraction of sp³-hybridized carbons (Fsp3) is 0.571. The van der Waals surface area contributed by atoms with Crippen molar-refractivity contribution < 1.29 is 9.47 Å². The number of benzene rings is 1. The molecule has 1 unspecified atom stereocenters. The predicted molar refractivity (Wildman–Crippen MR) is 73.3 cm³/mol. The molecule has 0 aromatic heterocycles. The highest BCUT2D eigenvalue weighted by atomic mass is 35.5. The summed E-state index contributed by atoms with van der Waals surface area (Å²) in [7, 11) is 0. The molecule has 1 aromatic rings. The van der Waals surface area contributed by atoms with Crippen LogP contribution in [-0.2, 0) is 11.2 Å². The van der Waals surface area contributed by atoms with Gasteiger partial charge in [-0.05, 0) is 37.9 Å². The zero-order valence-electron chi connectivity index (χ0n) is 10.5. The van der Waals surface area contributed by atoms with Gasteiger partial charge < -0.3 is 15.2 Å². The molecule has 1 aromatic carbocycles. The average Bonchev–Trinajstić information content (AvgIpc) is 2.86. The fourth-order valence-electron chi connectivity index (χ4n) is 2.23. The molecule has 0 amide bonds. The Bertz CT molecular complexity index is 378. The van der Waals surface area contributed by atoms with Crippen molar-refractivity contribution in [2.24, 2.45) is 5.73 Å². The first-order valence-corrected chi connectivity index (χ1v) is 6.91. The second-order valence-corrected chi connectivity index (χ2v) is 4.93. The zero-order chi connectivity index (χ0) is 12.8. The monoisotopic (exact) mass is 269 g/mol. The minimum atomic E-state index is 0.363. The Balaban J connectivity index is 1.89. The van der Waals surface area contributed by atoms with E-state index in [-0.39, 0.29) is 0 Å². The molecule has 1 saturated heterocycles. The first-order chi connectivity index (χ1) is 8.81. The van der Waals surface area contributed by atoms with Gasteiger partial charge in [-0.25, -0.2) is 0 Å². The molecule has 18 heavy (non-hydrogen) atoms. The number of hydrogen-bond acceptors (Lipinski definition) is 3. The average molecular weight is 270 g/mol. The number of ether oxygens (including phenoxy) is 2. The highest BCUT2D eigenvalue weighted by Crippen LogP contribution is 2.27. The standard InChI is InChI=1S/C14H20ClNO2/c15-13-4-1-5-14(12(13)6-8-16)18-10-7-11-3-2-9-17-11/h1,4-5,11H,2-3,6-10,16H2. The van der Waals surface area contributed by atoms with E-state index in [1.54, 1.807) is 0 Å². The van der Waals surface area contributed by atoms with Crippen molar-refractivity contribution >= 4 is 11.6 Å². The third-order valence-corrected chi connectivity index (χ3v) is 3.55. The van der Waals surface area contributed by atoms with E-state index in [9.17, 15) is 0 Å². The van der Waals surface area contributed by atoms with Crippen molar-refractivity contribution in [3.63, 3.8) is 0 Å². The van der Waals surface area contributed by atoms with Crippen LogP contribution in [0.25, 0.3) is 0 Å². The molecule has 1 fully saturated rings. The zero-order valence-corrected chi connectivity index (χ0v) is 11.3. The van der Waals surface area contributed by atoms with Crippen LogP contribution < -0.4 is 10.5 Å². The molecule has 1 aliphatic heterocycles. The lowest BCUT2D eigenvalue weighted by molar-refractivity contribution is 0.0902. The summed E-state index contributed by atoms with van der Waals surface area (Å²) in [6.07, 6.45) is 4.36. The maximum Gasteiger partial charge on any atom is 0.124 e. The van der Waals surface area contributed by atoms with Gasteiger partial charge in [0.05, 0.1) is 12.7 Å². The minimum Gasteiger partial charge on any atom is -0.493 e. The molecule has 2 N–H and O–H groups in total. The summed E-state index contributed by atoms with van der Waals surface area (Å²) in [6, 6.07) is 5.73. The molecule has 100 valence electrons. The summed E-state index contributed by atoms with van der Waals surface area (Å²) in [5, 5.41) is 0.732. The van der Waals surface area contributed by atoms with Crippen LogP contribution in [0.15, 0.2) is 18.2 Å². The van der Waals surface area contributed by atoms with Crippen LogP contribution in [0.1, 0.15) is 24.8 Å². The Hall–Kier alpha value is -0.770. The lowest BCUT2D eigenvalue weighted by Crippen LogP contribution is -2.12. The van der Waals surface area contributed by atoms with Crippen LogP contribution in [0.4, 0.5) is 0 Å². The first-order valence-electron chi connectivity index (χ1n) is 6.53. The normalized spacial score (nSPS) is 19.1. The van der Waals surface area contributed by atoms with Gasteiger partial charge in [-0.2, -0.15) is 0 Å². The van der Waals surface area contributed by atoms with E-state index in [0.717, 1.165) is 42.2 Å². The van der Waals surface area contributed by atoms with Crippen molar-refractivity contribution in [3.8, 4) is 5.75 Å². The van der Waals surface area contributed by atoms with Crippen LogP contribution in [0, 0.1) is 0 Å². The fourth-order valence-corrected chi connectivity index (χ4v) is 2.49. The van der Waals surface area contributed by atoms with E-state index in [0.29, 0.717) is 19.3 Å². The number of halogens is 1. The highest BCUT2D eigenvalue weighted by Gasteiger charge is 2.15. The van der Waals surface area contributed by atoms with E-state index in [2.05, 4.69) is 0 Å². The van der Waals surface area contributed by atoms with Gasteiger partial charge in [-0.15, -0.1) is 0 Å². The van der Waals surface area contributed by atoms with Crippen molar-refractivity contribution in [2.45, 2.75) is 31.8 Å². The Morgan fingerprint density at radius 2 is 2.33 bits per heavy atom. The molecular formula is C14H20ClNO2.